The van der Waals surface area contributed by atoms with E-state index in [1.807, 2.05) is 52.1 Å². The van der Waals surface area contributed by atoms with Crippen molar-refractivity contribution >= 4 is 11.9 Å². The fraction of sp³-hybridized carbons (Fsp3) is 0.588. The van der Waals surface area contributed by atoms with E-state index in [-0.39, 0.29) is 17.6 Å². The van der Waals surface area contributed by atoms with Crippen LogP contribution in [0.1, 0.15) is 109 Å². The second-order valence-electron chi connectivity index (χ2n) is 11.4. The number of likely N-dealkylation sites (tertiary alicyclic amines) is 1. The third-order valence-corrected chi connectivity index (χ3v) is 8.73. The van der Waals surface area contributed by atoms with Gasteiger partial charge in [0.25, 0.3) is 0 Å². The number of hydrogen-bond acceptors (Lipinski definition) is 4. The van der Waals surface area contributed by atoms with E-state index >= 15 is 0 Å². The van der Waals surface area contributed by atoms with Gasteiger partial charge in [-0.15, -0.1) is 0 Å². The maximum absolute atomic E-state index is 13.5. The molecule has 6 nitrogen and oxygen atoms in total. The Morgan fingerprint density at radius 2 is 1.55 bits per heavy atom. The number of urea groups is 1. The van der Waals surface area contributed by atoms with E-state index in [1.165, 1.54) is 16.0 Å². The molecule has 0 aliphatic carbocycles. The minimum absolute atomic E-state index is 0.160. The molecule has 40 heavy (non-hydrogen) atoms. The number of amides is 3. The van der Waals surface area contributed by atoms with Crippen LogP contribution in [0.25, 0.3) is 0 Å². The summed E-state index contributed by atoms with van der Waals surface area (Å²) in [6, 6.07) is 15.7. The van der Waals surface area contributed by atoms with Crippen LogP contribution in [0.5, 0.6) is 5.75 Å². The lowest BCUT2D eigenvalue weighted by Gasteiger charge is -2.53. The van der Waals surface area contributed by atoms with Crippen LogP contribution < -0.4 is 10.1 Å². The molecule has 0 saturated carbocycles. The molecule has 2 aromatic rings. The molecule has 0 radical (unpaired) electrons. The quantitative estimate of drug-likeness (QED) is 0.227. The van der Waals surface area contributed by atoms with Crippen molar-refractivity contribution in [3.8, 4) is 5.75 Å². The summed E-state index contributed by atoms with van der Waals surface area (Å²) >= 11 is 0. The Balaban J connectivity index is 1.80. The summed E-state index contributed by atoms with van der Waals surface area (Å²) in [5.74, 6) is 0.489. The molecule has 1 fully saturated rings. The van der Waals surface area contributed by atoms with Gasteiger partial charge >= 0.3 is 6.03 Å². The standard InChI is InChI=1S/C34H50N2O4/c1-8-13-29(27-18-14-25(6)15-19-27)35-32(38)36-30(37)34(11-4,12-5)31(36)40-28-20-16-26(17-21-28)24-33(39-7,22-9-2)23-10-3/h14-21,29,31H,8-13,22-24H2,1-7H3,(H,35,38)/t29-,31+/m1/s1. The molecule has 1 N–H and O–H groups in total. The number of nitrogens with one attached hydrogen (secondary N) is 1. The Labute approximate surface area is 241 Å². The van der Waals surface area contributed by atoms with Crippen LogP contribution >= 0.6 is 0 Å². The van der Waals surface area contributed by atoms with Gasteiger partial charge in [-0.05, 0) is 62.3 Å². The Kier molecular flexibility index (Phi) is 11.2. The number of imide groups is 1. The number of rotatable bonds is 15. The van der Waals surface area contributed by atoms with E-state index in [2.05, 4.69) is 50.4 Å². The summed E-state index contributed by atoms with van der Waals surface area (Å²) in [4.78, 5) is 28.3. The van der Waals surface area contributed by atoms with Crippen LogP contribution in [-0.4, -0.2) is 35.8 Å². The summed E-state index contributed by atoms with van der Waals surface area (Å²) in [6.45, 7) is 12.5. The monoisotopic (exact) mass is 550 g/mol. The van der Waals surface area contributed by atoms with Crippen LogP contribution in [0.3, 0.4) is 0 Å². The molecule has 0 bridgehead atoms. The summed E-state index contributed by atoms with van der Waals surface area (Å²) in [5, 5.41) is 3.13. The second-order valence-corrected chi connectivity index (χ2v) is 11.4. The first-order valence-corrected chi connectivity index (χ1v) is 15.2. The third kappa shape index (κ3) is 6.71. The van der Waals surface area contributed by atoms with Gasteiger partial charge in [-0.25, -0.2) is 9.69 Å². The summed E-state index contributed by atoms with van der Waals surface area (Å²) in [6.07, 6.45) is 7.27. The number of β-lactam (4-membered cyclic amide) rings is 1. The third-order valence-electron chi connectivity index (χ3n) is 8.73. The smallest absolute Gasteiger partial charge is 0.327 e. The Morgan fingerprint density at radius 3 is 2.05 bits per heavy atom. The van der Waals surface area contributed by atoms with Gasteiger partial charge in [0.1, 0.15) is 11.2 Å². The maximum Gasteiger partial charge on any atom is 0.327 e. The minimum Gasteiger partial charge on any atom is -0.469 e. The fourth-order valence-corrected chi connectivity index (χ4v) is 6.20. The molecule has 1 saturated heterocycles. The Bertz CT molecular complexity index is 1090. The molecule has 1 aliphatic heterocycles. The molecule has 3 amide bonds. The number of aryl methyl sites for hydroxylation is 1. The molecule has 0 spiro atoms. The summed E-state index contributed by atoms with van der Waals surface area (Å²) in [5.41, 5.74) is 2.52. The molecule has 1 heterocycles. The van der Waals surface area contributed by atoms with Gasteiger partial charge in [0.05, 0.1) is 11.6 Å². The van der Waals surface area contributed by atoms with Crippen LogP contribution in [0.4, 0.5) is 4.79 Å². The molecule has 220 valence electrons. The van der Waals surface area contributed by atoms with E-state index in [0.717, 1.165) is 50.5 Å². The van der Waals surface area contributed by atoms with E-state index in [1.54, 1.807) is 0 Å². The number of hydrogen-bond donors (Lipinski definition) is 1. The highest BCUT2D eigenvalue weighted by molar-refractivity contribution is 6.03. The molecular formula is C34H50N2O4. The van der Waals surface area contributed by atoms with Crippen molar-refractivity contribution in [3.63, 3.8) is 0 Å². The lowest BCUT2D eigenvalue weighted by atomic mass is 9.72. The highest BCUT2D eigenvalue weighted by atomic mass is 16.5. The molecule has 2 aromatic carbocycles. The first kappa shape index (κ1) is 31.7. The van der Waals surface area contributed by atoms with Crippen LogP contribution in [-0.2, 0) is 16.0 Å². The average Bonchev–Trinajstić information content (AvgIpc) is 2.95. The van der Waals surface area contributed by atoms with Crippen molar-refractivity contribution in [2.45, 2.75) is 117 Å². The molecule has 0 unspecified atom stereocenters. The van der Waals surface area contributed by atoms with Crippen molar-refractivity contribution in [1.82, 2.24) is 10.2 Å². The lowest BCUT2D eigenvalue weighted by molar-refractivity contribution is -0.191. The maximum atomic E-state index is 13.5. The van der Waals surface area contributed by atoms with E-state index in [9.17, 15) is 9.59 Å². The zero-order valence-corrected chi connectivity index (χ0v) is 25.7. The van der Waals surface area contributed by atoms with E-state index in [4.69, 9.17) is 9.47 Å². The zero-order chi connectivity index (χ0) is 29.3. The average molecular weight is 551 g/mol. The number of methoxy groups -OCH3 is 1. The van der Waals surface area contributed by atoms with Gasteiger partial charge in [0.2, 0.25) is 5.91 Å². The molecular weight excluding hydrogens is 500 g/mol. The number of nitrogens with zero attached hydrogens (tertiary/aromatic N) is 1. The van der Waals surface area contributed by atoms with Gasteiger partial charge < -0.3 is 14.8 Å². The first-order chi connectivity index (χ1) is 19.2. The van der Waals surface area contributed by atoms with E-state index < -0.39 is 17.7 Å². The van der Waals surface area contributed by atoms with E-state index in [0.29, 0.717) is 18.6 Å². The predicted octanol–water partition coefficient (Wildman–Crippen LogP) is 8.13. The molecule has 0 aromatic heterocycles. The predicted molar refractivity (Wildman–Crippen MR) is 161 cm³/mol. The van der Waals surface area contributed by atoms with Crippen molar-refractivity contribution < 1.29 is 19.1 Å². The fourth-order valence-electron chi connectivity index (χ4n) is 6.20. The topological polar surface area (TPSA) is 67.9 Å². The van der Waals surface area contributed by atoms with Gasteiger partial charge in [-0.3, -0.25) is 4.79 Å². The van der Waals surface area contributed by atoms with Crippen molar-refractivity contribution in [3.05, 3.63) is 65.2 Å². The normalized spacial score (nSPS) is 17.3. The Hall–Kier alpha value is -2.86. The molecule has 2 atom stereocenters. The number of carbonyl (C=O) groups excluding carboxylic acids is 2. The van der Waals surface area contributed by atoms with Crippen LogP contribution in [0.2, 0.25) is 0 Å². The highest BCUT2D eigenvalue weighted by Crippen LogP contribution is 2.46. The van der Waals surface area contributed by atoms with Gasteiger partial charge in [0, 0.05) is 13.5 Å². The largest absolute Gasteiger partial charge is 0.469 e. The Morgan fingerprint density at radius 1 is 0.950 bits per heavy atom. The first-order valence-electron chi connectivity index (χ1n) is 15.2. The number of ether oxygens (including phenoxy) is 2. The number of carbonyl (C=O) groups is 2. The van der Waals surface area contributed by atoms with Gasteiger partial charge in [-0.2, -0.15) is 0 Å². The molecule has 3 rings (SSSR count). The van der Waals surface area contributed by atoms with Gasteiger partial charge in [-0.1, -0.05) is 95.8 Å². The summed E-state index contributed by atoms with van der Waals surface area (Å²) < 4.78 is 12.5. The number of benzene rings is 2. The van der Waals surface area contributed by atoms with Crippen LogP contribution in [0.15, 0.2) is 48.5 Å². The molecule has 6 heteroatoms. The highest BCUT2D eigenvalue weighted by Gasteiger charge is 2.63. The zero-order valence-electron chi connectivity index (χ0n) is 25.7. The second kappa shape index (κ2) is 14.2. The lowest BCUT2D eigenvalue weighted by Crippen LogP contribution is -2.73. The van der Waals surface area contributed by atoms with Crippen molar-refractivity contribution in [1.29, 1.82) is 0 Å². The minimum atomic E-state index is -0.715. The van der Waals surface area contributed by atoms with Crippen molar-refractivity contribution in [2.24, 2.45) is 5.41 Å². The SMILES string of the molecule is CCC[C@@H](NC(=O)N1C(=O)C(CC)(CC)[C@@H]1Oc1ccc(CC(CCC)(CCC)OC)cc1)c1ccc(C)cc1. The van der Waals surface area contributed by atoms with Crippen molar-refractivity contribution in [2.75, 3.05) is 7.11 Å². The summed E-state index contributed by atoms with van der Waals surface area (Å²) in [7, 11) is 1.81. The van der Waals surface area contributed by atoms with Gasteiger partial charge in [0.15, 0.2) is 6.23 Å². The van der Waals surface area contributed by atoms with Crippen LogP contribution in [0, 0.1) is 12.3 Å². The molecule has 1 aliphatic rings.